The molecule has 0 heterocycles. The SMILES string of the molecule is CCOc1ccc(C(=O)NCC(OC)c2cccc(OC)c2)cc1OCC. The lowest BCUT2D eigenvalue weighted by Crippen LogP contribution is -2.29. The number of ether oxygens (including phenoxy) is 4. The summed E-state index contributed by atoms with van der Waals surface area (Å²) in [5.41, 5.74) is 1.43. The van der Waals surface area contributed by atoms with E-state index in [0.717, 1.165) is 11.3 Å². The molecule has 6 nitrogen and oxygen atoms in total. The Morgan fingerprint density at radius 1 is 1.00 bits per heavy atom. The largest absolute Gasteiger partial charge is 0.497 e. The average molecular weight is 373 g/mol. The summed E-state index contributed by atoms with van der Waals surface area (Å²) in [4.78, 5) is 12.6. The lowest BCUT2D eigenvalue weighted by Gasteiger charge is -2.18. The Labute approximate surface area is 160 Å². The van der Waals surface area contributed by atoms with Crippen molar-refractivity contribution in [1.29, 1.82) is 0 Å². The van der Waals surface area contributed by atoms with E-state index < -0.39 is 0 Å². The van der Waals surface area contributed by atoms with Gasteiger partial charge in [0, 0.05) is 19.2 Å². The smallest absolute Gasteiger partial charge is 0.251 e. The molecule has 0 spiro atoms. The fraction of sp³-hybridized carbons (Fsp3) is 0.381. The average Bonchev–Trinajstić information content (AvgIpc) is 2.70. The normalized spacial score (nSPS) is 11.6. The van der Waals surface area contributed by atoms with Crippen molar-refractivity contribution in [3.8, 4) is 17.2 Å². The van der Waals surface area contributed by atoms with Gasteiger partial charge < -0.3 is 24.3 Å². The van der Waals surface area contributed by atoms with E-state index in [2.05, 4.69) is 5.32 Å². The van der Waals surface area contributed by atoms with Crippen molar-refractivity contribution < 1.29 is 23.7 Å². The molecule has 0 saturated heterocycles. The van der Waals surface area contributed by atoms with Crippen LogP contribution in [-0.2, 0) is 4.74 Å². The zero-order valence-corrected chi connectivity index (χ0v) is 16.3. The van der Waals surface area contributed by atoms with Crippen LogP contribution in [0.4, 0.5) is 0 Å². The Morgan fingerprint density at radius 3 is 2.41 bits per heavy atom. The summed E-state index contributed by atoms with van der Waals surface area (Å²) >= 11 is 0. The third kappa shape index (κ3) is 5.62. The highest BCUT2D eigenvalue weighted by atomic mass is 16.5. The van der Waals surface area contributed by atoms with E-state index in [1.54, 1.807) is 32.4 Å². The minimum atomic E-state index is -0.280. The van der Waals surface area contributed by atoms with E-state index in [1.165, 1.54) is 0 Å². The van der Waals surface area contributed by atoms with Gasteiger partial charge in [-0.3, -0.25) is 4.79 Å². The number of carbonyl (C=O) groups is 1. The van der Waals surface area contributed by atoms with Crippen LogP contribution in [0.2, 0.25) is 0 Å². The van der Waals surface area contributed by atoms with Crippen LogP contribution in [0, 0.1) is 0 Å². The number of benzene rings is 2. The fourth-order valence-electron chi connectivity index (χ4n) is 2.66. The van der Waals surface area contributed by atoms with Gasteiger partial charge in [-0.1, -0.05) is 12.1 Å². The second-order valence-electron chi connectivity index (χ2n) is 5.74. The minimum Gasteiger partial charge on any atom is -0.497 e. The fourth-order valence-corrected chi connectivity index (χ4v) is 2.66. The number of rotatable bonds is 10. The molecule has 1 amide bonds. The van der Waals surface area contributed by atoms with Crippen LogP contribution >= 0.6 is 0 Å². The van der Waals surface area contributed by atoms with Gasteiger partial charge in [-0.2, -0.15) is 0 Å². The third-order valence-corrected chi connectivity index (χ3v) is 4.00. The first-order valence-corrected chi connectivity index (χ1v) is 8.97. The predicted octanol–water partition coefficient (Wildman–Crippen LogP) is 3.61. The zero-order valence-electron chi connectivity index (χ0n) is 16.3. The van der Waals surface area contributed by atoms with Crippen LogP contribution in [0.25, 0.3) is 0 Å². The molecule has 0 bridgehead atoms. The maximum Gasteiger partial charge on any atom is 0.251 e. The molecule has 0 aliphatic carbocycles. The predicted molar refractivity (Wildman–Crippen MR) is 104 cm³/mol. The summed E-state index contributed by atoms with van der Waals surface area (Å²) in [6, 6.07) is 12.7. The zero-order chi connectivity index (χ0) is 19.6. The molecule has 146 valence electrons. The molecule has 0 aromatic heterocycles. The number of carbonyl (C=O) groups excluding carboxylic acids is 1. The van der Waals surface area contributed by atoms with Gasteiger partial charge in [0.1, 0.15) is 5.75 Å². The lowest BCUT2D eigenvalue weighted by molar-refractivity contribution is 0.0827. The molecule has 0 aliphatic heterocycles. The molecule has 1 atom stereocenters. The van der Waals surface area contributed by atoms with E-state index in [1.807, 2.05) is 38.1 Å². The molecule has 2 aromatic rings. The maximum absolute atomic E-state index is 12.6. The topological polar surface area (TPSA) is 66.0 Å². The standard InChI is InChI=1S/C21H27NO5/c1-5-26-18-11-10-16(13-19(18)27-6-2)21(23)22-14-20(25-4)15-8-7-9-17(12-15)24-3/h7-13,20H,5-6,14H2,1-4H3,(H,22,23). The molecule has 1 N–H and O–H groups in total. The van der Waals surface area contributed by atoms with Crippen molar-refractivity contribution in [1.82, 2.24) is 5.32 Å². The lowest BCUT2D eigenvalue weighted by atomic mass is 10.1. The quantitative estimate of drug-likeness (QED) is 0.689. The van der Waals surface area contributed by atoms with Gasteiger partial charge in [0.2, 0.25) is 0 Å². The number of amides is 1. The van der Waals surface area contributed by atoms with Crippen LogP contribution in [0.15, 0.2) is 42.5 Å². The first kappa shape index (κ1) is 20.6. The highest BCUT2D eigenvalue weighted by Gasteiger charge is 2.15. The number of hydrogen-bond acceptors (Lipinski definition) is 5. The van der Waals surface area contributed by atoms with Crippen molar-refractivity contribution in [3.63, 3.8) is 0 Å². The Kier molecular flexibility index (Phi) is 7.95. The maximum atomic E-state index is 12.6. The molecule has 0 radical (unpaired) electrons. The van der Waals surface area contributed by atoms with Gasteiger partial charge in [0.25, 0.3) is 5.91 Å². The first-order valence-electron chi connectivity index (χ1n) is 8.97. The molecule has 0 saturated carbocycles. The molecular weight excluding hydrogens is 346 g/mol. The molecule has 6 heteroatoms. The van der Waals surface area contributed by atoms with E-state index >= 15 is 0 Å². The molecule has 2 rings (SSSR count). The molecule has 2 aromatic carbocycles. The van der Waals surface area contributed by atoms with Gasteiger partial charge in [-0.15, -0.1) is 0 Å². The van der Waals surface area contributed by atoms with Crippen molar-refractivity contribution in [3.05, 3.63) is 53.6 Å². The molecule has 27 heavy (non-hydrogen) atoms. The molecule has 1 unspecified atom stereocenters. The number of methoxy groups -OCH3 is 2. The highest BCUT2D eigenvalue weighted by Crippen LogP contribution is 2.28. The monoisotopic (exact) mass is 373 g/mol. The van der Waals surface area contributed by atoms with E-state index in [-0.39, 0.29) is 12.0 Å². The van der Waals surface area contributed by atoms with Crippen LogP contribution in [0.5, 0.6) is 17.2 Å². The van der Waals surface area contributed by atoms with Gasteiger partial charge in [-0.25, -0.2) is 0 Å². The van der Waals surface area contributed by atoms with E-state index in [9.17, 15) is 4.79 Å². The van der Waals surface area contributed by atoms with Crippen LogP contribution in [0.1, 0.15) is 35.9 Å². The van der Waals surface area contributed by atoms with Gasteiger partial charge in [-0.05, 0) is 49.7 Å². The van der Waals surface area contributed by atoms with Crippen molar-refractivity contribution >= 4 is 5.91 Å². The number of nitrogens with one attached hydrogen (secondary N) is 1. The second-order valence-corrected chi connectivity index (χ2v) is 5.74. The Bertz CT molecular complexity index is 747. The Hall–Kier alpha value is -2.73. The van der Waals surface area contributed by atoms with Crippen molar-refractivity contribution in [2.75, 3.05) is 34.0 Å². The van der Waals surface area contributed by atoms with Gasteiger partial charge in [0.05, 0.1) is 26.4 Å². The Balaban J connectivity index is 2.08. The van der Waals surface area contributed by atoms with Crippen molar-refractivity contribution in [2.24, 2.45) is 0 Å². The summed E-state index contributed by atoms with van der Waals surface area (Å²) in [6.45, 7) is 5.15. The molecular formula is C21H27NO5. The summed E-state index contributed by atoms with van der Waals surface area (Å²) in [7, 11) is 3.23. The van der Waals surface area contributed by atoms with Crippen molar-refractivity contribution in [2.45, 2.75) is 20.0 Å². The van der Waals surface area contributed by atoms with Crippen LogP contribution in [-0.4, -0.2) is 39.9 Å². The van der Waals surface area contributed by atoms with Crippen LogP contribution < -0.4 is 19.5 Å². The number of hydrogen-bond donors (Lipinski definition) is 1. The van der Waals surface area contributed by atoms with E-state index in [4.69, 9.17) is 18.9 Å². The third-order valence-electron chi connectivity index (χ3n) is 4.00. The molecule has 0 aliphatic rings. The minimum absolute atomic E-state index is 0.205. The Morgan fingerprint density at radius 2 is 1.74 bits per heavy atom. The van der Waals surface area contributed by atoms with Gasteiger partial charge >= 0.3 is 0 Å². The first-order chi connectivity index (χ1) is 13.1. The molecule has 0 fully saturated rings. The highest BCUT2D eigenvalue weighted by molar-refractivity contribution is 5.94. The second kappa shape index (κ2) is 10.4. The van der Waals surface area contributed by atoms with E-state index in [0.29, 0.717) is 36.8 Å². The van der Waals surface area contributed by atoms with Gasteiger partial charge in [0.15, 0.2) is 11.5 Å². The summed E-state index contributed by atoms with van der Waals surface area (Å²) in [5.74, 6) is 1.72. The summed E-state index contributed by atoms with van der Waals surface area (Å²) in [5, 5.41) is 2.91. The van der Waals surface area contributed by atoms with Crippen LogP contribution in [0.3, 0.4) is 0 Å². The summed E-state index contributed by atoms with van der Waals surface area (Å²) in [6.07, 6.45) is -0.280. The summed E-state index contributed by atoms with van der Waals surface area (Å²) < 4.78 is 21.9.